The van der Waals surface area contributed by atoms with E-state index in [1.807, 2.05) is 31.7 Å². The van der Waals surface area contributed by atoms with Crippen molar-refractivity contribution < 1.29 is 0 Å². The van der Waals surface area contributed by atoms with Gasteiger partial charge in [-0.15, -0.1) is 32.9 Å². The maximum atomic E-state index is 6.06. The van der Waals surface area contributed by atoms with Gasteiger partial charge in [-0.2, -0.15) is 0 Å². The summed E-state index contributed by atoms with van der Waals surface area (Å²) in [4.78, 5) is 9.44. The van der Waals surface area contributed by atoms with Crippen LogP contribution in [-0.2, 0) is 26.6 Å². The SMILES string of the molecule is Cc1nnc(CN=C(NCCc2cccs2)N(C)Cc2ccc(Cl)s2)n1C. The standard InChI is InChI=1S/C18H23ClN6S2/c1-13-22-23-17(25(13)3)11-21-18(20-9-8-14-5-4-10-26-14)24(2)12-15-6-7-16(19)27-15/h4-7,10H,8-9,11-12H2,1-3H3,(H,20,21). The van der Waals surface area contributed by atoms with Gasteiger partial charge in [-0.05, 0) is 36.9 Å². The molecule has 0 spiro atoms. The third-order valence-corrected chi connectivity index (χ3v) is 6.32. The van der Waals surface area contributed by atoms with Gasteiger partial charge in [0.05, 0.1) is 10.9 Å². The summed E-state index contributed by atoms with van der Waals surface area (Å²) in [5.74, 6) is 2.57. The number of nitrogens with zero attached hydrogens (tertiary/aromatic N) is 5. The highest BCUT2D eigenvalue weighted by Gasteiger charge is 2.11. The molecule has 3 heterocycles. The number of halogens is 1. The van der Waals surface area contributed by atoms with E-state index in [4.69, 9.17) is 16.6 Å². The molecule has 144 valence electrons. The molecule has 0 aliphatic carbocycles. The number of hydrogen-bond acceptors (Lipinski definition) is 5. The topological polar surface area (TPSA) is 58.3 Å². The summed E-state index contributed by atoms with van der Waals surface area (Å²) in [6.45, 7) is 3.99. The molecule has 0 atom stereocenters. The Balaban J connectivity index is 1.68. The molecule has 1 N–H and O–H groups in total. The Bertz CT molecular complexity index is 884. The second-order valence-corrected chi connectivity index (χ2v) is 9.01. The molecule has 6 nitrogen and oxygen atoms in total. The summed E-state index contributed by atoms with van der Waals surface area (Å²) < 4.78 is 2.77. The number of hydrogen-bond donors (Lipinski definition) is 1. The first-order valence-electron chi connectivity index (χ1n) is 8.64. The summed E-state index contributed by atoms with van der Waals surface area (Å²) >= 11 is 9.43. The molecule has 0 bridgehead atoms. The number of rotatable bonds is 7. The van der Waals surface area contributed by atoms with E-state index in [2.05, 4.69) is 44.0 Å². The van der Waals surface area contributed by atoms with Gasteiger partial charge in [0.2, 0.25) is 0 Å². The number of aromatic nitrogens is 3. The zero-order valence-corrected chi connectivity index (χ0v) is 18.0. The van der Waals surface area contributed by atoms with Crippen LogP contribution in [0.4, 0.5) is 0 Å². The molecule has 0 fully saturated rings. The van der Waals surface area contributed by atoms with Gasteiger partial charge in [0.25, 0.3) is 0 Å². The lowest BCUT2D eigenvalue weighted by Gasteiger charge is -2.22. The summed E-state index contributed by atoms with van der Waals surface area (Å²) in [5, 5.41) is 13.9. The molecular formula is C18H23ClN6S2. The number of thiophene rings is 2. The van der Waals surface area contributed by atoms with E-state index in [-0.39, 0.29) is 0 Å². The van der Waals surface area contributed by atoms with Crippen molar-refractivity contribution in [3.05, 3.63) is 55.4 Å². The number of guanidine groups is 1. The molecule has 9 heteroatoms. The zero-order valence-electron chi connectivity index (χ0n) is 15.6. The van der Waals surface area contributed by atoms with E-state index in [1.54, 1.807) is 22.7 Å². The third kappa shape index (κ3) is 5.54. The maximum Gasteiger partial charge on any atom is 0.194 e. The molecule has 3 aromatic rings. The fourth-order valence-electron chi connectivity index (χ4n) is 2.54. The van der Waals surface area contributed by atoms with Crippen LogP contribution in [0.5, 0.6) is 0 Å². The van der Waals surface area contributed by atoms with Gasteiger partial charge in [-0.3, -0.25) is 0 Å². The minimum absolute atomic E-state index is 0.480. The van der Waals surface area contributed by atoms with Gasteiger partial charge in [0, 0.05) is 30.4 Å². The largest absolute Gasteiger partial charge is 0.356 e. The van der Waals surface area contributed by atoms with Gasteiger partial charge >= 0.3 is 0 Å². The molecule has 0 aromatic carbocycles. The third-order valence-electron chi connectivity index (χ3n) is 4.17. The van der Waals surface area contributed by atoms with Crippen molar-refractivity contribution in [3.63, 3.8) is 0 Å². The van der Waals surface area contributed by atoms with E-state index >= 15 is 0 Å². The van der Waals surface area contributed by atoms with Crippen molar-refractivity contribution in [1.29, 1.82) is 0 Å². The summed E-state index contributed by atoms with van der Waals surface area (Å²) in [5.41, 5.74) is 0. The van der Waals surface area contributed by atoms with Crippen LogP contribution in [0.2, 0.25) is 4.34 Å². The normalized spacial score (nSPS) is 11.8. The predicted molar refractivity (Wildman–Crippen MR) is 114 cm³/mol. The van der Waals surface area contributed by atoms with Gasteiger partial charge in [-0.25, -0.2) is 4.99 Å². The Morgan fingerprint density at radius 1 is 1.30 bits per heavy atom. The van der Waals surface area contributed by atoms with Crippen molar-refractivity contribution >= 4 is 40.2 Å². The molecule has 0 aliphatic rings. The van der Waals surface area contributed by atoms with Crippen molar-refractivity contribution in [2.45, 2.75) is 26.4 Å². The molecule has 0 aliphatic heterocycles. The smallest absolute Gasteiger partial charge is 0.194 e. The lowest BCUT2D eigenvalue weighted by molar-refractivity contribution is 0.479. The van der Waals surface area contributed by atoms with Crippen molar-refractivity contribution in [2.24, 2.45) is 12.0 Å². The van der Waals surface area contributed by atoms with Crippen LogP contribution in [0.25, 0.3) is 0 Å². The molecular weight excluding hydrogens is 400 g/mol. The average Bonchev–Trinajstić information content (AvgIpc) is 3.36. The van der Waals surface area contributed by atoms with Crippen LogP contribution in [0.3, 0.4) is 0 Å². The summed E-state index contributed by atoms with van der Waals surface area (Å²) in [6.07, 6.45) is 0.971. The van der Waals surface area contributed by atoms with Gasteiger partial charge in [0.1, 0.15) is 12.4 Å². The fraction of sp³-hybridized carbons (Fsp3) is 0.389. The fourth-order valence-corrected chi connectivity index (χ4v) is 4.39. The van der Waals surface area contributed by atoms with Crippen LogP contribution in [0, 0.1) is 6.92 Å². The van der Waals surface area contributed by atoms with Crippen LogP contribution in [0.1, 0.15) is 21.4 Å². The first-order valence-corrected chi connectivity index (χ1v) is 10.7. The van der Waals surface area contributed by atoms with E-state index in [9.17, 15) is 0 Å². The monoisotopic (exact) mass is 422 g/mol. The summed E-state index contributed by atoms with van der Waals surface area (Å²) in [6, 6.07) is 8.22. The Labute approximate surface area is 172 Å². The molecule has 0 unspecified atom stereocenters. The van der Waals surface area contributed by atoms with Crippen molar-refractivity contribution in [3.8, 4) is 0 Å². The molecule has 0 saturated heterocycles. The highest BCUT2D eigenvalue weighted by molar-refractivity contribution is 7.16. The average molecular weight is 423 g/mol. The predicted octanol–water partition coefficient (Wildman–Crippen LogP) is 3.72. The van der Waals surface area contributed by atoms with Gasteiger partial charge in [-0.1, -0.05) is 17.7 Å². The van der Waals surface area contributed by atoms with Crippen molar-refractivity contribution in [2.75, 3.05) is 13.6 Å². The van der Waals surface area contributed by atoms with E-state index in [0.717, 1.165) is 41.5 Å². The highest BCUT2D eigenvalue weighted by Crippen LogP contribution is 2.22. The second-order valence-electron chi connectivity index (χ2n) is 6.18. The second kappa shape index (κ2) is 9.34. The Morgan fingerprint density at radius 2 is 2.15 bits per heavy atom. The van der Waals surface area contributed by atoms with E-state index in [0.29, 0.717) is 6.54 Å². The van der Waals surface area contributed by atoms with E-state index < -0.39 is 0 Å². The van der Waals surface area contributed by atoms with Crippen LogP contribution >= 0.6 is 34.3 Å². The summed E-state index contributed by atoms with van der Waals surface area (Å²) in [7, 11) is 3.99. The molecule has 3 aromatic heterocycles. The first kappa shape index (κ1) is 19.9. The van der Waals surface area contributed by atoms with Crippen LogP contribution in [-0.4, -0.2) is 39.2 Å². The van der Waals surface area contributed by atoms with Gasteiger partial charge < -0.3 is 14.8 Å². The number of nitrogens with one attached hydrogen (secondary N) is 1. The molecule has 0 amide bonds. The molecule has 3 rings (SSSR count). The number of aryl methyl sites for hydroxylation is 1. The Morgan fingerprint density at radius 3 is 2.78 bits per heavy atom. The minimum atomic E-state index is 0.480. The van der Waals surface area contributed by atoms with E-state index in [1.165, 1.54) is 9.75 Å². The quantitative estimate of drug-likeness (QED) is 0.465. The van der Waals surface area contributed by atoms with Crippen LogP contribution in [0.15, 0.2) is 34.6 Å². The molecule has 0 saturated carbocycles. The zero-order chi connectivity index (χ0) is 19.2. The lowest BCUT2D eigenvalue weighted by Crippen LogP contribution is -2.39. The lowest BCUT2D eigenvalue weighted by atomic mass is 10.3. The Kier molecular flexibility index (Phi) is 6.87. The number of aliphatic imine (C=N–C) groups is 1. The first-order chi connectivity index (χ1) is 13.0. The molecule has 0 radical (unpaired) electrons. The Hall–Kier alpha value is -1.90. The molecule has 27 heavy (non-hydrogen) atoms. The maximum absolute atomic E-state index is 6.06. The minimum Gasteiger partial charge on any atom is -0.356 e. The van der Waals surface area contributed by atoms with Gasteiger partial charge in [0.15, 0.2) is 11.8 Å². The van der Waals surface area contributed by atoms with Crippen LogP contribution < -0.4 is 5.32 Å². The highest BCUT2D eigenvalue weighted by atomic mass is 35.5. The van der Waals surface area contributed by atoms with Crippen molar-refractivity contribution in [1.82, 2.24) is 25.0 Å².